The maximum absolute atomic E-state index is 3.61. The molecule has 0 aromatic rings. The van der Waals surface area contributed by atoms with Gasteiger partial charge < -0.3 is 5.32 Å². The highest BCUT2D eigenvalue weighted by atomic mass is 14.9. The molecule has 0 aliphatic carbocycles. The van der Waals surface area contributed by atoms with Gasteiger partial charge in [-0.1, -0.05) is 48.5 Å². The molecule has 0 fully saturated rings. The van der Waals surface area contributed by atoms with Gasteiger partial charge in [0.1, 0.15) is 0 Å². The maximum atomic E-state index is 3.61. The second-order valence-corrected chi connectivity index (χ2v) is 6.24. The largest absolute Gasteiger partial charge is 0.312 e. The van der Waals surface area contributed by atoms with E-state index >= 15 is 0 Å². The number of rotatable bonds is 6. The van der Waals surface area contributed by atoms with E-state index in [1.807, 2.05) is 0 Å². The molecule has 1 N–H and O–H groups in total. The van der Waals surface area contributed by atoms with Crippen LogP contribution in [0.5, 0.6) is 0 Å². The molecule has 0 aliphatic rings. The van der Waals surface area contributed by atoms with Gasteiger partial charge in [0.25, 0.3) is 0 Å². The van der Waals surface area contributed by atoms with Crippen molar-refractivity contribution in [1.82, 2.24) is 5.32 Å². The number of hydrogen-bond donors (Lipinski definition) is 1. The molecular formula is C14H31N. The van der Waals surface area contributed by atoms with Crippen molar-refractivity contribution in [3.63, 3.8) is 0 Å². The first-order valence-corrected chi connectivity index (χ1v) is 6.46. The molecule has 0 radical (unpaired) electrons. The van der Waals surface area contributed by atoms with Gasteiger partial charge in [-0.25, -0.2) is 0 Å². The Hall–Kier alpha value is -0.0400. The molecule has 0 saturated carbocycles. The first-order valence-electron chi connectivity index (χ1n) is 6.46. The van der Waals surface area contributed by atoms with Gasteiger partial charge in [-0.3, -0.25) is 0 Å². The van der Waals surface area contributed by atoms with Crippen molar-refractivity contribution in [3.05, 3.63) is 0 Å². The molecule has 0 aromatic heterocycles. The lowest BCUT2D eigenvalue weighted by molar-refractivity contribution is 0.107. The van der Waals surface area contributed by atoms with E-state index in [2.05, 4.69) is 60.7 Å². The van der Waals surface area contributed by atoms with E-state index in [4.69, 9.17) is 0 Å². The van der Waals surface area contributed by atoms with Gasteiger partial charge in [0.2, 0.25) is 0 Å². The van der Waals surface area contributed by atoms with Crippen LogP contribution in [0.3, 0.4) is 0 Å². The summed E-state index contributed by atoms with van der Waals surface area (Å²) in [5.41, 5.74) is 0.446. The van der Waals surface area contributed by atoms with Crippen LogP contribution in [0.25, 0.3) is 0 Å². The quantitative estimate of drug-likeness (QED) is 0.701. The fourth-order valence-corrected chi connectivity index (χ4v) is 2.43. The zero-order chi connectivity index (χ0) is 12.2. The summed E-state index contributed by atoms with van der Waals surface area (Å²) in [6, 6.07) is 1.20. The Morgan fingerprint density at radius 3 is 1.53 bits per heavy atom. The SMILES string of the molecule is CC(C)NC(C)CC(C)(C(C)C)C(C)C. The van der Waals surface area contributed by atoms with Crippen molar-refractivity contribution >= 4 is 0 Å². The van der Waals surface area contributed by atoms with Crippen molar-refractivity contribution in [2.45, 2.75) is 73.9 Å². The molecule has 0 amide bonds. The number of nitrogens with one attached hydrogen (secondary N) is 1. The maximum Gasteiger partial charge on any atom is 0.00464 e. The van der Waals surface area contributed by atoms with Gasteiger partial charge in [0, 0.05) is 12.1 Å². The van der Waals surface area contributed by atoms with Crippen molar-refractivity contribution in [1.29, 1.82) is 0 Å². The van der Waals surface area contributed by atoms with Gasteiger partial charge in [0.05, 0.1) is 0 Å². The molecule has 1 nitrogen and oxygen atoms in total. The Bertz CT molecular complexity index is 162. The smallest absolute Gasteiger partial charge is 0.00464 e. The highest BCUT2D eigenvalue weighted by Gasteiger charge is 2.33. The molecule has 1 heteroatoms. The van der Waals surface area contributed by atoms with E-state index < -0.39 is 0 Å². The predicted octanol–water partition coefficient (Wildman–Crippen LogP) is 4.08. The second kappa shape index (κ2) is 5.89. The standard InChI is InChI=1S/C14H31N/c1-10(2)14(8,11(3)4)9-13(7)15-12(5)6/h10-13,15H,9H2,1-8H3. The van der Waals surface area contributed by atoms with E-state index in [1.54, 1.807) is 0 Å². The van der Waals surface area contributed by atoms with E-state index in [0.29, 0.717) is 17.5 Å². The van der Waals surface area contributed by atoms with Crippen LogP contribution in [0, 0.1) is 17.3 Å². The minimum atomic E-state index is 0.446. The topological polar surface area (TPSA) is 12.0 Å². The molecule has 0 aliphatic heterocycles. The lowest BCUT2D eigenvalue weighted by Crippen LogP contribution is -2.40. The predicted molar refractivity (Wildman–Crippen MR) is 70.1 cm³/mol. The van der Waals surface area contributed by atoms with Crippen molar-refractivity contribution in [2.24, 2.45) is 17.3 Å². The molecule has 1 unspecified atom stereocenters. The van der Waals surface area contributed by atoms with Crippen LogP contribution in [-0.4, -0.2) is 12.1 Å². The highest BCUT2D eigenvalue weighted by Crippen LogP contribution is 2.39. The average Bonchev–Trinajstić information content (AvgIpc) is 2.01. The van der Waals surface area contributed by atoms with Crippen LogP contribution in [0.2, 0.25) is 0 Å². The molecule has 15 heavy (non-hydrogen) atoms. The molecule has 0 spiro atoms. The van der Waals surface area contributed by atoms with Crippen LogP contribution < -0.4 is 5.32 Å². The molecule has 0 rings (SSSR count). The van der Waals surface area contributed by atoms with Crippen LogP contribution in [0.1, 0.15) is 61.8 Å². The van der Waals surface area contributed by atoms with Crippen molar-refractivity contribution in [3.8, 4) is 0 Å². The zero-order valence-electron chi connectivity index (χ0n) is 12.0. The van der Waals surface area contributed by atoms with Gasteiger partial charge in [-0.2, -0.15) is 0 Å². The Morgan fingerprint density at radius 2 is 1.27 bits per heavy atom. The van der Waals surface area contributed by atoms with E-state index in [9.17, 15) is 0 Å². The van der Waals surface area contributed by atoms with Gasteiger partial charge in [-0.05, 0) is 30.6 Å². The monoisotopic (exact) mass is 213 g/mol. The summed E-state index contributed by atoms with van der Waals surface area (Å²) in [5.74, 6) is 1.49. The third-order valence-corrected chi connectivity index (χ3v) is 4.00. The first kappa shape index (κ1) is 15.0. The summed E-state index contributed by atoms with van der Waals surface area (Å²) in [6.07, 6.45) is 1.26. The summed E-state index contributed by atoms with van der Waals surface area (Å²) < 4.78 is 0. The van der Waals surface area contributed by atoms with Crippen LogP contribution in [-0.2, 0) is 0 Å². The van der Waals surface area contributed by atoms with E-state index in [0.717, 1.165) is 11.8 Å². The third-order valence-electron chi connectivity index (χ3n) is 4.00. The molecule has 0 bridgehead atoms. The van der Waals surface area contributed by atoms with E-state index in [1.165, 1.54) is 6.42 Å². The second-order valence-electron chi connectivity index (χ2n) is 6.24. The Kier molecular flexibility index (Phi) is 5.87. The summed E-state index contributed by atoms with van der Waals surface area (Å²) in [7, 11) is 0. The molecule has 0 saturated heterocycles. The van der Waals surface area contributed by atoms with Crippen molar-refractivity contribution in [2.75, 3.05) is 0 Å². The van der Waals surface area contributed by atoms with Gasteiger partial charge >= 0.3 is 0 Å². The molecule has 0 heterocycles. The Labute approximate surface area is 97.0 Å². The summed E-state index contributed by atoms with van der Waals surface area (Å²) in [4.78, 5) is 0. The van der Waals surface area contributed by atoms with Gasteiger partial charge in [0.15, 0.2) is 0 Å². The summed E-state index contributed by atoms with van der Waals surface area (Å²) in [6.45, 7) is 18.6. The normalized spacial score (nSPS) is 15.4. The number of hydrogen-bond acceptors (Lipinski definition) is 1. The highest BCUT2D eigenvalue weighted by molar-refractivity contribution is 4.85. The first-order chi connectivity index (χ1) is 6.70. The lowest BCUT2D eigenvalue weighted by Gasteiger charge is -2.40. The van der Waals surface area contributed by atoms with E-state index in [-0.39, 0.29) is 0 Å². The van der Waals surface area contributed by atoms with Crippen molar-refractivity contribution < 1.29 is 0 Å². The lowest BCUT2D eigenvalue weighted by atomic mass is 9.67. The molecule has 92 valence electrons. The van der Waals surface area contributed by atoms with Crippen LogP contribution >= 0.6 is 0 Å². The average molecular weight is 213 g/mol. The Morgan fingerprint density at radius 1 is 0.867 bits per heavy atom. The molecule has 0 aromatic carbocycles. The molecular weight excluding hydrogens is 182 g/mol. The fraction of sp³-hybridized carbons (Fsp3) is 1.00. The van der Waals surface area contributed by atoms with Gasteiger partial charge in [-0.15, -0.1) is 0 Å². The van der Waals surface area contributed by atoms with Crippen LogP contribution in [0.4, 0.5) is 0 Å². The summed E-state index contributed by atoms with van der Waals surface area (Å²) in [5, 5.41) is 3.61. The minimum Gasteiger partial charge on any atom is -0.312 e. The summed E-state index contributed by atoms with van der Waals surface area (Å²) >= 11 is 0. The molecule has 1 atom stereocenters. The Balaban J connectivity index is 4.42. The zero-order valence-corrected chi connectivity index (χ0v) is 12.0. The van der Waals surface area contributed by atoms with Crippen LogP contribution in [0.15, 0.2) is 0 Å². The fourth-order valence-electron chi connectivity index (χ4n) is 2.43. The third kappa shape index (κ3) is 4.55. The minimum absolute atomic E-state index is 0.446.